The summed E-state index contributed by atoms with van der Waals surface area (Å²) in [5.41, 5.74) is 2.37. The number of carbonyl (C=O) groups is 1. The van der Waals surface area contributed by atoms with Gasteiger partial charge in [-0.3, -0.25) is 0 Å². The summed E-state index contributed by atoms with van der Waals surface area (Å²) in [6.07, 6.45) is 0. The molecule has 21 heavy (non-hydrogen) atoms. The summed E-state index contributed by atoms with van der Waals surface area (Å²) in [4.78, 5) is 11.7. The van der Waals surface area contributed by atoms with Crippen LogP contribution in [0.1, 0.15) is 17.0 Å². The maximum absolute atomic E-state index is 11.7. The molecule has 2 N–H and O–H groups in total. The molecule has 112 valence electrons. The molecule has 0 aliphatic rings. The fourth-order valence-corrected chi connectivity index (χ4v) is 1.82. The van der Waals surface area contributed by atoms with Gasteiger partial charge in [0, 0.05) is 6.54 Å². The van der Waals surface area contributed by atoms with Crippen LogP contribution in [0.25, 0.3) is 0 Å². The van der Waals surface area contributed by atoms with E-state index >= 15 is 0 Å². The minimum absolute atomic E-state index is 0.298. The summed E-state index contributed by atoms with van der Waals surface area (Å²) in [5.74, 6) is 0.586. The molecule has 2 rings (SSSR count). The van der Waals surface area contributed by atoms with Gasteiger partial charge in [0.25, 0.3) is 0 Å². The van der Waals surface area contributed by atoms with Crippen molar-refractivity contribution in [3.63, 3.8) is 0 Å². The Morgan fingerprint density at radius 3 is 2.71 bits per heavy atom. The number of urea groups is 1. The second-order valence-electron chi connectivity index (χ2n) is 4.62. The molecule has 0 radical (unpaired) electrons. The Hall–Kier alpha value is -2.34. The molecule has 0 saturated heterocycles. The average molecular weight is 289 g/mol. The zero-order valence-corrected chi connectivity index (χ0v) is 12.2. The number of nitrogens with zero attached hydrogens (tertiary/aromatic N) is 1. The van der Waals surface area contributed by atoms with E-state index in [1.807, 2.05) is 30.3 Å². The van der Waals surface area contributed by atoms with Crippen LogP contribution in [0.3, 0.4) is 0 Å². The lowest BCUT2D eigenvalue weighted by Gasteiger charge is -2.08. The quantitative estimate of drug-likeness (QED) is 0.801. The second-order valence-corrected chi connectivity index (χ2v) is 4.62. The zero-order valence-electron chi connectivity index (χ0n) is 12.2. The van der Waals surface area contributed by atoms with Gasteiger partial charge in [0.1, 0.15) is 11.4 Å². The minimum atomic E-state index is -0.298. The molecule has 0 aliphatic heterocycles. The Labute approximate surface area is 123 Å². The first-order valence-corrected chi connectivity index (χ1v) is 6.76. The van der Waals surface area contributed by atoms with Crippen molar-refractivity contribution < 1.29 is 14.1 Å². The van der Waals surface area contributed by atoms with Crippen LogP contribution < -0.4 is 10.6 Å². The van der Waals surface area contributed by atoms with Crippen LogP contribution in [-0.4, -0.2) is 24.3 Å². The SMILES string of the molecule is Cc1noc(C)c1NC(=O)NCCOCc1ccccc1. The smallest absolute Gasteiger partial charge is 0.319 e. The highest BCUT2D eigenvalue weighted by molar-refractivity contribution is 5.90. The van der Waals surface area contributed by atoms with Crippen molar-refractivity contribution in [1.29, 1.82) is 0 Å². The number of hydrogen-bond acceptors (Lipinski definition) is 4. The van der Waals surface area contributed by atoms with E-state index < -0.39 is 0 Å². The normalized spacial score (nSPS) is 10.4. The fourth-order valence-electron chi connectivity index (χ4n) is 1.82. The third-order valence-corrected chi connectivity index (χ3v) is 2.92. The molecule has 0 atom stereocenters. The van der Waals surface area contributed by atoms with E-state index in [1.54, 1.807) is 13.8 Å². The number of rotatable bonds is 6. The number of aryl methyl sites for hydroxylation is 2. The predicted octanol–water partition coefficient (Wildman–Crippen LogP) is 2.63. The van der Waals surface area contributed by atoms with Crippen molar-refractivity contribution in [2.45, 2.75) is 20.5 Å². The predicted molar refractivity (Wildman–Crippen MR) is 79.1 cm³/mol. The standard InChI is InChI=1S/C15H19N3O3/c1-11-14(12(2)21-18-11)17-15(19)16-8-9-20-10-13-6-4-3-5-7-13/h3-7H,8-10H2,1-2H3,(H2,16,17,19). The van der Waals surface area contributed by atoms with Crippen LogP contribution in [0.15, 0.2) is 34.9 Å². The van der Waals surface area contributed by atoms with Crippen LogP contribution in [0.4, 0.5) is 10.5 Å². The molecule has 0 aliphatic carbocycles. The van der Waals surface area contributed by atoms with E-state index in [0.29, 0.717) is 36.9 Å². The summed E-state index contributed by atoms with van der Waals surface area (Å²) < 4.78 is 10.5. The van der Waals surface area contributed by atoms with Crippen molar-refractivity contribution in [3.05, 3.63) is 47.3 Å². The topological polar surface area (TPSA) is 76.4 Å². The number of ether oxygens (including phenoxy) is 1. The van der Waals surface area contributed by atoms with Crippen molar-refractivity contribution in [2.24, 2.45) is 0 Å². The maximum atomic E-state index is 11.7. The molecule has 0 fully saturated rings. The number of aromatic nitrogens is 1. The number of amides is 2. The fraction of sp³-hybridized carbons (Fsp3) is 0.333. The third kappa shape index (κ3) is 4.61. The summed E-state index contributed by atoms with van der Waals surface area (Å²) in [5, 5.41) is 9.19. The van der Waals surface area contributed by atoms with Gasteiger partial charge in [0.05, 0.1) is 13.2 Å². The number of anilines is 1. The van der Waals surface area contributed by atoms with E-state index in [4.69, 9.17) is 9.26 Å². The molecule has 6 nitrogen and oxygen atoms in total. The van der Waals surface area contributed by atoms with Crippen LogP contribution >= 0.6 is 0 Å². The number of carbonyl (C=O) groups excluding carboxylic acids is 1. The van der Waals surface area contributed by atoms with Crippen LogP contribution in [0.2, 0.25) is 0 Å². The van der Waals surface area contributed by atoms with E-state index in [0.717, 1.165) is 5.56 Å². The summed E-state index contributed by atoms with van der Waals surface area (Å²) >= 11 is 0. The first kappa shape index (κ1) is 15.1. The van der Waals surface area contributed by atoms with Crippen LogP contribution in [0, 0.1) is 13.8 Å². The minimum Gasteiger partial charge on any atom is -0.375 e. The van der Waals surface area contributed by atoms with Gasteiger partial charge in [0.2, 0.25) is 0 Å². The Bertz CT molecular complexity index is 562. The number of nitrogens with one attached hydrogen (secondary N) is 2. The molecule has 0 unspecified atom stereocenters. The summed E-state index contributed by atoms with van der Waals surface area (Å²) in [6.45, 7) is 4.94. The van der Waals surface area contributed by atoms with Gasteiger partial charge in [-0.2, -0.15) is 0 Å². The lowest BCUT2D eigenvalue weighted by atomic mass is 10.2. The number of hydrogen-bond donors (Lipinski definition) is 2. The first-order chi connectivity index (χ1) is 10.2. The highest BCUT2D eigenvalue weighted by atomic mass is 16.5. The second kappa shape index (κ2) is 7.44. The van der Waals surface area contributed by atoms with Crippen molar-refractivity contribution in [1.82, 2.24) is 10.5 Å². The summed E-state index contributed by atoms with van der Waals surface area (Å²) in [6, 6.07) is 9.59. The molecule has 0 bridgehead atoms. The van der Waals surface area contributed by atoms with E-state index in [9.17, 15) is 4.79 Å². The molecule has 0 saturated carbocycles. The van der Waals surface area contributed by atoms with Gasteiger partial charge in [-0.15, -0.1) is 0 Å². The van der Waals surface area contributed by atoms with Crippen LogP contribution in [0.5, 0.6) is 0 Å². The lowest BCUT2D eigenvalue weighted by Crippen LogP contribution is -2.31. The van der Waals surface area contributed by atoms with Gasteiger partial charge in [0.15, 0.2) is 5.76 Å². The monoisotopic (exact) mass is 289 g/mol. The van der Waals surface area contributed by atoms with Gasteiger partial charge in [-0.1, -0.05) is 35.5 Å². The molecule has 1 heterocycles. The zero-order chi connectivity index (χ0) is 15.1. The van der Waals surface area contributed by atoms with Gasteiger partial charge in [-0.25, -0.2) is 4.79 Å². The van der Waals surface area contributed by atoms with Crippen molar-refractivity contribution in [2.75, 3.05) is 18.5 Å². The largest absolute Gasteiger partial charge is 0.375 e. The van der Waals surface area contributed by atoms with Crippen molar-refractivity contribution >= 4 is 11.7 Å². The summed E-state index contributed by atoms with van der Waals surface area (Å²) in [7, 11) is 0. The highest BCUT2D eigenvalue weighted by Gasteiger charge is 2.11. The number of benzene rings is 1. The van der Waals surface area contributed by atoms with Gasteiger partial charge in [-0.05, 0) is 19.4 Å². The Morgan fingerprint density at radius 2 is 2.05 bits per heavy atom. The van der Waals surface area contributed by atoms with Gasteiger partial charge >= 0.3 is 6.03 Å². The lowest BCUT2D eigenvalue weighted by molar-refractivity contribution is 0.124. The average Bonchev–Trinajstić information content (AvgIpc) is 2.80. The molecule has 2 amide bonds. The molecular formula is C15H19N3O3. The molecule has 1 aromatic heterocycles. The first-order valence-electron chi connectivity index (χ1n) is 6.76. The van der Waals surface area contributed by atoms with Gasteiger partial charge < -0.3 is 19.9 Å². The maximum Gasteiger partial charge on any atom is 0.319 e. The third-order valence-electron chi connectivity index (χ3n) is 2.92. The molecule has 2 aromatic rings. The van der Waals surface area contributed by atoms with E-state index in [-0.39, 0.29) is 6.03 Å². The van der Waals surface area contributed by atoms with Crippen molar-refractivity contribution in [3.8, 4) is 0 Å². The molecule has 0 spiro atoms. The van der Waals surface area contributed by atoms with Crippen LogP contribution in [-0.2, 0) is 11.3 Å². The van der Waals surface area contributed by atoms with E-state index in [1.165, 1.54) is 0 Å². The Morgan fingerprint density at radius 1 is 1.29 bits per heavy atom. The molecule has 1 aromatic carbocycles. The molecule has 6 heteroatoms. The Kier molecular flexibility index (Phi) is 5.34. The Balaban J connectivity index is 1.64. The van der Waals surface area contributed by atoms with E-state index in [2.05, 4.69) is 15.8 Å². The highest BCUT2D eigenvalue weighted by Crippen LogP contribution is 2.18. The molecular weight excluding hydrogens is 270 g/mol.